The van der Waals surface area contributed by atoms with E-state index in [-0.39, 0.29) is 17.9 Å². The van der Waals surface area contributed by atoms with Gasteiger partial charge in [0.25, 0.3) is 0 Å². The van der Waals surface area contributed by atoms with E-state index in [1.165, 1.54) is 12.1 Å². The number of nitrogens with zero attached hydrogens (tertiary/aromatic N) is 3. The van der Waals surface area contributed by atoms with Crippen LogP contribution in [0.25, 0.3) is 33.4 Å². The second-order valence-electron chi connectivity index (χ2n) is 6.42. The van der Waals surface area contributed by atoms with Gasteiger partial charge in [-0.1, -0.05) is 0 Å². The molecule has 1 N–H and O–H groups in total. The van der Waals surface area contributed by atoms with Crippen LogP contribution in [0.4, 0.5) is 19.0 Å². The lowest BCUT2D eigenvalue weighted by atomic mass is 10.0. The van der Waals surface area contributed by atoms with Crippen molar-refractivity contribution in [2.75, 3.05) is 25.6 Å². The molecule has 0 aliphatic carbocycles. The summed E-state index contributed by atoms with van der Waals surface area (Å²) in [4.78, 5) is 13.2. The van der Waals surface area contributed by atoms with E-state index >= 15 is 0 Å². The molecular formula is C22H17F3N4O. The second-order valence-corrected chi connectivity index (χ2v) is 6.42. The van der Waals surface area contributed by atoms with Crippen LogP contribution in [-0.2, 0) is 0 Å². The maximum atomic E-state index is 14.4. The summed E-state index contributed by atoms with van der Waals surface area (Å²) in [6, 6.07) is 10.2. The Morgan fingerprint density at radius 1 is 1.03 bits per heavy atom. The number of anilines is 1. The number of ether oxygens (including phenoxy) is 1. The summed E-state index contributed by atoms with van der Waals surface area (Å²) >= 11 is 0. The third kappa shape index (κ3) is 3.76. The van der Waals surface area contributed by atoms with Crippen molar-refractivity contribution in [1.29, 1.82) is 0 Å². The average molecular weight is 410 g/mol. The van der Waals surface area contributed by atoms with Crippen LogP contribution in [0.1, 0.15) is 0 Å². The third-order valence-electron chi connectivity index (χ3n) is 4.50. The molecule has 0 bridgehead atoms. The molecule has 8 heteroatoms. The molecule has 4 aromatic rings. The molecule has 0 saturated carbocycles. The van der Waals surface area contributed by atoms with Gasteiger partial charge in [0, 0.05) is 42.0 Å². The summed E-state index contributed by atoms with van der Waals surface area (Å²) < 4.78 is 46.1. The van der Waals surface area contributed by atoms with E-state index < -0.39 is 18.3 Å². The molecule has 0 saturated heterocycles. The summed E-state index contributed by atoms with van der Waals surface area (Å²) in [7, 11) is 1.70. The molecule has 4 rings (SSSR count). The van der Waals surface area contributed by atoms with Crippen molar-refractivity contribution in [3.05, 3.63) is 66.5 Å². The van der Waals surface area contributed by atoms with Crippen molar-refractivity contribution < 1.29 is 17.9 Å². The predicted octanol–water partition coefficient (Wildman–Crippen LogP) is 5.03. The van der Waals surface area contributed by atoms with Crippen molar-refractivity contribution in [2.45, 2.75) is 0 Å². The monoisotopic (exact) mass is 410 g/mol. The van der Waals surface area contributed by atoms with Gasteiger partial charge in [0.1, 0.15) is 42.0 Å². The van der Waals surface area contributed by atoms with Gasteiger partial charge in [-0.15, -0.1) is 0 Å². The van der Waals surface area contributed by atoms with E-state index in [0.29, 0.717) is 33.7 Å². The molecule has 0 unspecified atom stereocenters. The zero-order valence-electron chi connectivity index (χ0n) is 16.0. The molecule has 30 heavy (non-hydrogen) atoms. The molecule has 0 radical (unpaired) electrons. The lowest BCUT2D eigenvalue weighted by Gasteiger charge is -2.15. The van der Waals surface area contributed by atoms with Gasteiger partial charge in [0.05, 0.1) is 0 Å². The van der Waals surface area contributed by atoms with Crippen LogP contribution in [0.3, 0.4) is 0 Å². The van der Waals surface area contributed by atoms with Crippen molar-refractivity contribution in [1.82, 2.24) is 15.0 Å². The molecule has 2 aromatic carbocycles. The fraction of sp³-hybridized carbons (Fsp3) is 0.136. The maximum absolute atomic E-state index is 14.4. The van der Waals surface area contributed by atoms with Crippen LogP contribution in [0.2, 0.25) is 0 Å². The number of pyridine rings is 1. The number of rotatable bonds is 6. The van der Waals surface area contributed by atoms with Crippen molar-refractivity contribution in [3.63, 3.8) is 0 Å². The highest BCUT2D eigenvalue weighted by Crippen LogP contribution is 2.36. The normalized spacial score (nSPS) is 10.9. The van der Waals surface area contributed by atoms with Crippen molar-refractivity contribution in [3.8, 4) is 28.3 Å². The molecule has 0 amide bonds. The third-order valence-corrected chi connectivity index (χ3v) is 4.50. The molecule has 0 aliphatic heterocycles. The predicted molar refractivity (Wildman–Crippen MR) is 109 cm³/mol. The van der Waals surface area contributed by atoms with E-state index in [2.05, 4.69) is 20.3 Å². The van der Waals surface area contributed by atoms with Crippen LogP contribution in [-0.4, -0.2) is 35.3 Å². The summed E-state index contributed by atoms with van der Waals surface area (Å²) in [5.74, 6) is -0.233. The van der Waals surface area contributed by atoms with E-state index in [4.69, 9.17) is 4.74 Å². The van der Waals surface area contributed by atoms with E-state index in [0.717, 1.165) is 6.07 Å². The molecule has 0 fully saturated rings. The van der Waals surface area contributed by atoms with Crippen LogP contribution in [0.5, 0.6) is 5.75 Å². The Morgan fingerprint density at radius 3 is 2.60 bits per heavy atom. The highest BCUT2D eigenvalue weighted by Gasteiger charge is 2.17. The van der Waals surface area contributed by atoms with E-state index in [1.807, 2.05) is 6.07 Å². The van der Waals surface area contributed by atoms with Gasteiger partial charge < -0.3 is 10.1 Å². The molecule has 0 spiro atoms. The number of aromatic nitrogens is 3. The Balaban J connectivity index is 1.97. The molecule has 0 atom stereocenters. The number of fused-ring (bicyclic) bond motifs is 1. The summed E-state index contributed by atoms with van der Waals surface area (Å²) in [5, 5.41) is 3.57. The topological polar surface area (TPSA) is 59.9 Å². The minimum absolute atomic E-state index is 0.182. The first-order chi connectivity index (χ1) is 14.6. The average Bonchev–Trinajstić information content (AvgIpc) is 2.77. The summed E-state index contributed by atoms with van der Waals surface area (Å²) in [6.07, 6.45) is 3.27. The largest absolute Gasteiger partial charge is 0.489 e. The first-order valence-electron chi connectivity index (χ1n) is 9.19. The van der Waals surface area contributed by atoms with Crippen LogP contribution in [0.15, 0.2) is 54.9 Å². The first-order valence-corrected chi connectivity index (χ1v) is 9.19. The van der Waals surface area contributed by atoms with Gasteiger partial charge in [0.2, 0.25) is 0 Å². The fourth-order valence-electron chi connectivity index (χ4n) is 3.15. The first kappa shape index (κ1) is 19.6. The minimum Gasteiger partial charge on any atom is -0.489 e. The van der Waals surface area contributed by atoms with Gasteiger partial charge in [-0.25, -0.2) is 23.1 Å². The Labute approximate surface area is 170 Å². The highest BCUT2D eigenvalue weighted by molar-refractivity contribution is 5.97. The minimum atomic E-state index is -0.718. The maximum Gasteiger partial charge on any atom is 0.163 e. The number of nitrogens with one attached hydrogen (secondary N) is 1. The van der Waals surface area contributed by atoms with Gasteiger partial charge in [-0.05, 0) is 42.0 Å². The van der Waals surface area contributed by atoms with Crippen LogP contribution in [0, 0.1) is 11.6 Å². The number of alkyl halides is 1. The number of hydrogen-bond donors (Lipinski definition) is 1. The zero-order valence-corrected chi connectivity index (χ0v) is 16.0. The van der Waals surface area contributed by atoms with Crippen LogP contribution >= 0.6 is 0 Å². The number of benzene rings is 2. The molecule has 2 heterocycles. The summed E-state index contributed by atoms with van der Waals surface area (Å²) in [5.41, 5.74) is 1.75. The standard InChI is InChI=1S/C22H17F3N4O/c1-26-22-17-9-14(16-5-4-15(24)11-18(16)25)10-19(30-8-6-23)20(17)28-21(29-22)13-3-2-7-27-12-13/h2-5,7,9-12H,6,8H2,1H3,(H,26,28,29). The zero-order chi connectivity index (χ0) is 21.1. The quantitative estimate of drug-likeness (QED) is 0.483. The van der Waals surface area contributed by atoms with Gasteiger partial charge in [-0.2, -0.15) is 0 Å². The SMILES string of the molecule is CNc1nc(-c2cccnc2)nc2c(OCCF)cc(-c3ccc(F)cc3F)cc12. The summed E-state index contributed by atoms with van der Waals surface area (Å²) in [6.45, 7) is -0.887. The van der Waals surface area contributed by atoms with Crippen molar-refractivity contribution >= 4 is 16.7 Å². The molecular weight excluding hydrogens is 393 g/mol. The lowest BCUT2D eigenvalue weighted by molar-refractivity contribution is 0.275. The molecule has 5 nitrogen and oxygen atoms in total. The van der Waals surface area contributed by atoms with Gasteiger partial charge in [-0.3, -0.25) is 4.98 Å². The Morgan fingerprint density at radius 2 is 1.90 bits per heavy atom. The Kier molecular flexibility index (Phi) is 5.47. The molecule has 152 valence electrons. The van der Waals surface area contributed by atoms with Gasteiger partial charge in [0.15, 0.2) is 5.82 Å². The smallest absolute Gasteiger partial charge is 0.163 e. The second kappa shape index (κ2) is 8.36. The van der Waals surface area contributed by atoms with E-state index in [1.54, 1.807) is 37.6 Å². The van der Waals surface area contributed by atoms with Gasteiger partial charge >= 0.3 is 0 Å². The number of hydrogen-bond acceptors (Lipinski definition) is 5. The fourth-order valence-corrected chi connectivity index (χ4v) is 3.15. The molecule has 0 aliphatic rings. The Hall–Kier alpha value is -3.68. The lowest BCUT2D eigenvalue weighted by Crippen LogP contribution is -2.04. The number of halogens is 3. The Bertz CT molecular complexity index is 1200. The van der Waals surface area contributed by atoms with E-state index in [9.17, 15) is 13.2 Å². The van der Waals surface area contributed by atoms with Crippen molar-refractivity contribution in [2.24, 2.45) is 0 Å². The van der Waals surface area contributed by atoms with Crippen LogP contribution < -0.4 is 10.1 Å². The highest BCUT2D eigenvalue weighted by atomic mass is 19.1. The molecule has 2 aromatic heterocycles.